The number of amides is 1. The van der Waals surface area contributed by atoms with Crippen LogP contribution in [0.3, 0.4) is 0 Å². The van der Waals surface area contributed by atoms with Crippen molar-refractivity contribution in [3.8, 4) is 27.1 Å². The lowest BCUT2D eigenvalue weighted by Crippen LogP contribution is -2.22. The first-order chi connectivity index (χ1) is 14.6. The van der Waals surface area contributed by atoms with Gasteiger partial charge >= 0.3 is 0 Å². The molecule has 1 N–H and O–H groups in total. The van der Waals surface area contributed by atoms with E-state index in [0.717, 1.165) is 25.7 Å². The van der Waals surface area contributed by atoms with Crippen molar-refractivity contribution in [3.05, 3.63) is 59.0 Å². The second-order valence-electron chi connectivity index (χ2n) is 6.35. The zero-order valence-electron chi connectivity index (χ0n) is 16.7. The topological polar surface area (TPSA) is 69.7 Å². The highest BCUT2D eigenvalue weighted by atomic mass is 32.1. The molecule has 154 valence electrons. The van der Waals surface area contributed by atoms with Gasteiger partial charge in [-0.2, -0.15) is 0 Å². The Bertz CT molecular complexity index is 1170. The van der Waals surface area contributed by atoms with Crippen LogP contribution in [0.25, 0.3) is 20.1 Å². The molecule has 0 saturated heterocycles. The Labute approximate surface area is 182 Å². The number of aromatic nitrogens is 1. The second-order valence-corrected chi connectivity index (χ2v) is 8.47. The van der Waals surface area contributed by atoms with Crippen LogP contribution in [0.1, 0.15) is 15.2 Å². The van der Waals surface area contributed by atoms with Gasteiger partial charge in [-0.1, -0.05) is 12.1 Å². The summed E-state index contributed by atoms with van der Waals surface area (Å²) in [7, 11) is 4.72. The standard InChI is InChI=1S/C22H20N2O4S2/c1-26-15-11-17(28-3)16(27-2)10-13(15)12-23-21(25)19-8-9-20(29-19)22-24-14-6-4-5-7-18(14)30-22/h4-11H,12H2,1-3H3,(H,23,25). The average molecular weight is 441 g/mol. The van der Waals surface area contributed by atoms with E-state index in [1.807, 2.05) is 36.4 Å². The predicted octanol–water partition coefficient (Wildman–Crippen LogP) is 4.98. The first-order valence-electron chi connectivity index (χ1n) is 9.15. The number of nitrogens with zero attached hydrogens (tertiary/aromatic N) is 1. The molecule has 0 spiro atoms. The molecule has 0 fully saturated rings. The number of thiophene rings is 1. The van der Waals surface area contributed by atoms with Crippen LogP contribution in [0, 0.1) is 0 Å². The van der Waals surface area contributed by atoms with Crippen molar-refractivity contribution in [2.45, 2.75) is 6.54 Å². The summed E-state index contributed by atoms with van der Waals surface area (Å²) in [4.78, 5) is 19.0. The summed E-state index contributed by atoms with van der Waals surface area (Å²) in [5.74, 6) is 1.62. The summed E-state index contributed by atoms with van der Waals surface area (Å²) in [6, 6.07) is 15.3. The van der Waals surface area contributed by atoms with Crippen molar-refractivity contribution in [2.75, 3.05) is 21.3 Å². The van der Waals surface area contributed by atoms with E-state index in [1.165, 1.54) is 11.3 Å². The molecular formula is C22H20N2O4S2. The molecule has 0 radical (unpaired) electrons. The highest BCUT2D eigenvalue weighted by molar-refractivity contribution is 7.26. The lowest BCUT2D eigenvalue weighted by atomic mass is 10.1. The molecule has 2 aromatic heterocycles. The van der Waals surface area contributed by atoms with E-state index in [2.05, 4.69) is 10.3 Å². The quantitative estimate of drug-likeness (QED) is 0.439. The lowest BCUT2D eigenvalue weighted by molar-refractivity contribution is 0.0954. The average Bonchev–Trinajstić information content (AvgIpc) is 3.43. The molecule has 2 heterocycles. The molecule has 6 nitrogen and oxygen atoms in total. The normalized spacial score (nSPS) is 10.8. The van der Waals surface area contributed by atoms with Crippen molar-refractivity contribution in [3.63, 3.8) is 0 Å². The third-order valence-corrected chi connectivity index (χ3v) is 6.85. The minimum Gasteiger partial charge on any atom is -0.496 e. The first kappa shape index (κ1) is 20.2. The minimum atomic E-state index is -0.149. The number of benzene rings is 2. The Morgan fingerprint density at radius 1 is 0.933 bits per heavy atom. The molecule has 0 unspecified atom stereocenters. The van der Waals surface area contributed by atoms with Crippen LogP contribution in [-0.2, 0) is 6.54 Å². The van der Waals surface area contributed by atoms with E-state index >= 15 is 0 Å². The van der Waals surface area contributed by atoms with Crippen LogP contribution in [0.4, 0.5) is 0 Å². The lowest BCUT2D eigenvalue weighted by Gasteiger charge is -2.14. The van der Waals surface area contributed by atoms with Crippen LogP contribution in [-0.4, -0.2) is 32.2 Å². The molecule has 0 aliphatic rings. The third kappa shape index (κ3) is 3.96. The zero-order chi connectivity index (χ0) is 21.1. The van der Waals surface area contributed by atoms with E-state index < -0.39 is 0 Å². The first-order valence-corrected chi connectivity index (χ1v) is 10.8. The van der Waals surface area contributed by atoms with Crippen LogP contribution in [0.15, 0.2) is 48.5 Å². The maximum atomic E-state index is 12.7. The number of methoxy groups -OCH3 is 3. The predicted molar refractivity (Wildman–Crippen MR) is 120 cm³/mol. The Kier molecular flexibility index (Phi) is 5.87. The molecule has 0 atom stereocenters. The number of hydrogen-bond donors (Lipinski definition) is 1. The smallest absolute Gasteiger partial charge is 0.261 e. The highest BCUT2D eigenvalue weighted by Gasteiger charge is 2.16. The number of carbonyl (C=O) groups excluding carboxylic acids is 1. The van der Waals surface area contributed by atoms with Gasteiger partial charge in [0.2, 0.25) is 0 Å². The number of fused-ring (bicyclic) bond motifs is 1. The largest absolute Gasteiger partial charge is 0.496 e. The Morgan fingerprint density at radius 2 is 1.67 bits per heavy atom. The Balaban J connectivity index is 1.50. The summed E-state index contributed by atoms with van der Waals surface area (Å²) in [5.41, 5.74) is 1.77. The van der Waals surface area contributed by atoms with Gasteiger partial charge in [0.1, 0.15) is 10.8 Å². The van der Waals surface area contributed by atoms with Gasteiger partial charge in [0, 0.05) is 18.2 Å². The number of para-hydroxylation sites is 1. The summed E-state index contributed by atoms with van der Waals surface area (Å²) in [6.45, 7) is 0.302. The number of hydrogen-bond acceptors (Lipinski definition) is 7. The zero-order valence-corrected chi connectivity index (χ0v) is 18.4. The van der Waals surface area contributed by atoms with Crippen molar-refractivity contribution < 1.29 is 19.0 Å². The third-order valence-electron chi connectivity index (χ3n) is 4.56. The van der Waals surface area contributed by atoms with Gasteiger partial charge in [-0.05, 0) is 30.3 Å². The Hall–Kier alpha value is -3.10. The van der Waals surface area contributed by atoms with Gasteiger partial charge in [-0.3, -0.25) is 4.79 Å². The second kappa shape index (κ2) is 8.73. The van der Waals surface area contributed by atoms with Crippen LogP contribution >= 0.6 is 22.7 Å². The van der Waals surface area contributed by atoms with E-state index in [4.69, 9.17) is 14.2 Å². The number of nitrogens with one attached hydrogen (secondary N) is 1. The SMILES string of the molecule is COc1cc(OC)c(OC)cc1CNC(=O)c1ccc(-c2nc3ccccc3s2)s1. The van der Waals surface area contributed by atoms with E-state index in [-0.39, 0.29) is 5.91 Å². The van der Waals surface area contributed by atoms with Gasteiger partial charge in [-0.25, -0.2) is 4.98 Å². The maximum absolute atomic E-state index is 12.7. The fraction of sp³-hybridized carbons (Fsp3) is 0.182. The van der Waals surface area contributed by atoms with Gasteiger partial charge < -0.3 is 19.5 Å². The molecular weight excluding hydrogens is 420 g/mol. The molecule has 0 aliphatic heterocycles. The van der Waals surface area contributed by atoms with Crippen molar-refractivity contribution in [1.82, 2.24) is 10.3 Å². The van der Waals surface area contributed by atoms with Crippen molar-refractivity contribution in [2.24, 2.45) is 0 Å². The van der Waals surface area contributed by atoms with Gasteiger partial charge in [0.05, 0.1) is 41.3 Å². The molecule has 4 rings (SSSR count). The summed E-state index contributed by atoms with van der Waals surface area (Å²) >= 11 is 3.05. The number of thiazole rings is 1. The maximum Gasteiger partial charge on any atom is 0.261 e. The molecule has 0 aliphatic carbocycles. The number of ether oxygens (including phenoxy) is 3. The molecule has 0 bridgehead atoms. The van der Waals surface area contributed by atoms with Gasteiger partial charge in [-0.15, -0.1) is 22.7 Å². The van der Waals surface area contributed by atoms with Crippen LogP contribution in [0.5, 0.6) is 17.2 Å². The minimum absolute atomic E-state index is 0.149. The number of rotatable bonds is 7. The molecule has 30 heavy (non-hydrogen) atoms. The monoisotopic (exact) mass is 440 g/mol. The summed E-state index contributed by atoms with van der Waals surface area (Å²) in [5, 5.41) is 3.87. The summed E-state index contributed by atoms with van der Waals surface area (Å²) in [6.07, 6.45) is 0. The molecule has 1 amide bonds. The fourth-order valence-corrected chi connectivity index (χ4v) is 4.99. The van der Waals surface area contributed by atoms with Gasteiger partial charge in [0.15, 0.2) is 11.5 Å². The van der Waals surface area contributed by atoms with E-state index in [0.29, 0.717) is 28.7 Å². The molecule has 2 aromatic carbocycles. The summed E-state index contributed by atoms with van der Waals surface area (Å²) < 4.78 is 17.2. The van der Waals surface area contributed by atoms with Gasteiger partial charge in [0.25, 0.3) is 5.91 Å². The fourth-order valence-electron chi connectivity index (χ4n) is 3.05. The van der Waals surface area contributed by atoms with Crippen molar-refractivity contribution in [1.29, 1.82) is 0 Å². The van der Waals surface area contributed by atoms with Crippen molar-refractivity contribution >= 4 is 38.8 Å². The van der Waals surface area contributed by atoms with E-state index in [9.17, 15) is 4.79 Å². The van der Waals surface area contributed by atoms with E-state index in [1.54, 1.807) is 44.8 Å². The Morgan fingerprint density at radius 3 is 2.40 bits per heavy atom. The molecule has 8 heteroatoms. The molecule has 0 saturated carbocycles. The number of carbonyl (C=O) groups is 1. The molecule has 4 aromatic rings. The van der Waals surface area contributed by atoms with Crippen LogP contribution < -0.4 is 19.5 Å². The highest BCUT2D eigenvalue weighted by Crippen LogP contribution is 2.36. The van der Waals surface area contributed by atoms with Crippen LogP contribution in [0.2, 0.25) is 0 Å².